The second-order valence-electron chi connectivity index (χ2n) is 1.87. The van der Waals surface area contributed by atoms with Gasteiger partial charge in [-0.15, -0.1) is 0 Å². The van der Waals surface area contributed by atoms with Crippen molar-refractivity contribution in [1.29, 1.82) is 0 Å². The van der Waals surface area contributed by atoms with Gasteiger partial charge in [0.1, 0.15) is 0 Å². The summed E-state index contributed by atoms with van der Waals surface area (Å²) < 4.78 is 0. The Bertz CT molecular complexity index is 198. The Morgan fingerprint density at radius 1 is 1.36 bits per heavy atom. The lowest BCUT2D eigenvalue weighted by atomic mass is 10.5. The summed E-state index contributed by atoms with van der Waals surface area (Å²) in [7, 11) is 0. The number of rotatable bonds is 2. The second-order valence-corrected chi connectivity index (χ2v) is 1.87. The van der Waals surface area contributed by atoms with Gasteiger partial charge in [-0.05, 0) is 4.86 Å². The van der Waals surface area contributed by atoms with Gasteiger partial charge in [0.05, 0.1) is 11.5 Å². The molecule has 0 unspecified atom stereocenters. The smallest absolute Gasteiger partial charge is 0.423 e. The van der Waals surface area contributed by atoms with Gasteiger partial charge in [0.2, 0.25) is 0 Å². The number of azo groups is 1. The average molecular weight is 158 g/mol. The molecule has 0 aromatic heterocycles. The molecule has 0 saturated carbocycles. The maximum atomic E-state index is 10.5. The molecule has 0 fully saturated rings. The molecule has 0 radical (unpaired) electrons. The largest absolute Gasteiger partial charge is 0.592 e. The van der Waals surface area contributed by atoms with Crippen LogP contribution >= 0.6 is 0 Å². The van der Waals surface area contributed by atoms with E-state index < -0.39 is 11.8 Å². The fourth-order valence-corrected chi connectivity index (χ4v) is 0.363. The Kier molecular flexibility index (Phi) is 4.02. The van der Waals surface area contributed by atoms with Crippen molar-refractivity contribution in [3.05, 3.63) is 5.21 Å². The van der Waals surface area contributed by atoms with Gasteiger partial charge in [-0.1, -0.05) is 13.8 Å². The summed E-state index contributed by atoms with van der Waals surface area (Å²) in [6.45, 7) is 3.09. The molecule has 0 bridgehead atoms. The van der Waals surface area contributed by atoms with Crippen LogP contribution in [0.4, 0.5) is 0 Å². The van der Waals surface area contributed by atoms with E-state index in [-0.39, 0.29) is 17.7 Å². The van der Waals surface area contributed by atoms with Crippen molar-refractivity contribution in [3.63, 3.8) is 0 Å². The molecule has 0 spiro atoms. The van der Waals surface area contributed by atoms with Crippen LogP contribution in [0.15, 0.2) is 5.11 Å². The zero-order valence-corrected chi connectivity index (χ0v) is 6.53. The molecule has 0 heterocycles. The van der Waals surface area contributed by atoms with Crippen molar-refractivity contribution in [1.82, 2.24) is 0 Å². The summed E-state index contributed by atoms with van der Waals surface area (Å²) >= 11 is 0. The number of carbonyl (C=O) groups is 2. The van der Waals surface area contributed by atoms with E-state index in [1.165, 1.54) is 6.92 Å². The molecule has 0 aliphatic heterocycles. The molecule has 0 saturated heterocycles. The number of amides is 2. The van der Waals surface area contributed by atoms with Crippen molar-refractivity contribution in [2.75, 3.05) is 0 Å². The molecule has 0 aliphatic rings. The van der Waals surface area contributed by atoms with E-state index in [9.17, 15) is 14.8 Å². The van der Waals surface area contributed by atoms with E-state index in [4.69, 9.17) is 0 Å². The minimum atomic E-state index is -0.702. The van der Waals surface area contributed by atoms with Crippen molar-refractivity contribution in [3.8, 4) is 0 Å². The Morgan fingerprint density at radius 2 is 1.91 bits per heavy atom. The topological polar surface area (TPSA) is 72.6 Å². The van der Waals surface area contributed by atoms with Crippen LogP contribution in [0.2, 0.25) is 0 Å². The third-order valence-electron chi connectivity index (χ3n) is 1.02. The molecule has 62 valence electrons. The van der Waals surface area contributed by atoms with Crippen LogP contribution in [-0.2, 0) is 9.59 Å². The SMILES string of the molecule is CCC(=O)N=[N+]([O-])C(=O)CC. The predicted molar refractivity (Wildman–Crippen MR) is 36.7 cm³/mol. The van der Waals surface area contributed by atoms with Crippen molar-refractivity contribution < 1.29 is 14.4 Å². The van der Waals surface area contributed by atoms with Gasteiger partial charge in [0.15, 0.2) is 0 Å². The summed E-state index contributed by atoms with van der Waals surface area (Å²) in [5.41, 5.74) is 0. The van der Waals surface area contributed by atoms with E-state index in [1.807, 2.05) is 0 Å². The first-order valence-electron chi connectivity index (χ1n) is 3.36. The predicted octanol–water partition coefficient (Wildman–Crippen LogP) is 0.822. The van der Waals surface area contributed by atoms with Crippen LogP contribution in [0.5, 0.6) is 0 Å². The zero-order valence-electron chi connectivity index (χ0n) is 6.53. The molecule has 0 N–H and O–H groups in total. The van der Waals surface area contributed by atoms with Crippen molar-refractivity contribution >= 4 is 11.8 Å². The summed E-state index contributed by atoms with van der Waals surface area (Å²) in [5.74, 6) is -1.28. The van der Waals surface area contributed by atoms with E-state index in [2.05, 4.69) is 5.11 Å². The normalized spacial score (nSPS) is 11.3. The van der Waals surface area contributed by atoms with Gasteiger partial charge in [-0.3, -0.25) is 4.79 Å². The highest BCUT2D eigenvalue weighted by Gasteiger charge is 2.10. The summed E-state index contributed by atoms with van der Waals surface area (Å²) in [6.07, 6.45) is 0.194. The minimum Gasteiger partial charge on any atom is -0.592 e. The van der Waals surface area contributed by atoms with Gasteiger partial charge < -0.3 is 5.21 Å². The number of carbonyl (C=O) groups excluding carboxylic acids is 2. The molecule has 0 aliphatic carbocycles. The molecule has 5 heteroatoms. The maximum Gasteiger partial charge on any atom is 0.423 e. The Morgan fingerprint density at radius 3 is 2.27 bits per heavy atom. The Hall–Kier alpha value is -1.26. The average Bonchev–Trinajstić information content (AvgIpc) is 2.02. The molecule has 0 aromatic carbocycles. The fraction of sp³-hybridized carbons (Fsp3) is 0.667. The van der Waals surface area contributed by atoms with Crippen LogP contribution in [0.25, 0.3) is 0 Å². The van der Waals surface area contributed by atoms with Crippen molar-refractivity contribution in [2.24, 2.45) is 5.11 Å². The Labute approximate surface area is 64.3 Å². The quantitative estimate of drug-likeness (QED) is 0.339. The standard InChI is InChI=1S/C6H10N2O3/c1-3-5(9)7-8(11)6(10)4-2/h3-4H2,1-2H3. The molecule has 2 amide bonds. The zero-order chi connectivity index (χ0) is 8.85. The van der Waals surface area contributed by atoms with Crippen LogP contribution < -0.4 is 0 Å². The number of nitrogens with zero attached hydrogens (tertiary/aromatic N) is 2. The molecular weight excluding hydrogens is 148 g/mol. The molecule has 0 aromatic rings. The monoisotopic (exact) mass is 158 g/mol. The molecular formula is C6H10N2O3. The van der Waals surface area contributed by atoms with Gasteiger partial charge in [-0.2, -0.15) is 0 Å². The van der Waals surface area contributed by atoms with Crippen LogP contribution in [0, 0.1) is 5.21 Å². The highest BCUT2D eigenvalue weighted by molar-refractivity contribution is 5.76. The van der Waals surface area contributed by atoms with Crippen LogP contribution in [0.1, 0.15) is 26.7 Å². The first kappa shape index (κ1) is 9.74. The van der Waals surface area contributed by atoms with E-state index >= 15 is 0 Å². The molecule has 5 nitrogen and oxygen atoms in total. The first-order chi connectivity index (χ1) is 5.11. The lowest BCUT2D eigenvalue weighted by Crippen LogP contribution is -2.12. The maximum absolute atomic E-state index is 10.5. The van der Waals surface area contributed by atoms with Gasteiger partial charge in [-0.25, -0.2) is 4.79 Å². The van der Waals surface area contributed by atoms with Gasteiger partial charge >= 0.3 is 11.8 Å². The Balaban J connectivity index is 4.21. The van der Waals surface area contributed by atoms with Crippen LogP contribution in [-0.4, -0.2) is 16.7 Å². The van der Waals surface area contributed by atoms with E-state index in [0.29, 0.717) is 0 Å². The summed E-state index contributed by atoms with van der Waals surface area (Å²) in [6, 6.07) is 0. The first-order valence-corrected chi connectivity index (χ1v) is 3.36. The number of hydroxylamine groups is 1. The molecule has 0 atom stereocenters. The lowest BCUT2D eigenvalue weighted by Gasteiger charge is -1.92. The number of hydrogen-bond acceptors (Lipinski definition) is 3. The minimum absolute atomic E-state index is 0.0595. The van der Waals surface area contributed by atoms with E-state index in [1.54, 1.807) is 6.92 Å². The second kappa shape index (κ2) is 4.54. The summed E-state index contributed by atoms with van der Waals surface area (Å²) in [5, 5.41) is 13.5. The van der Waals surface area contributed by atoms with Crippen molar-refractivity contribution in [2.45, 2.75) is 26.7 Å². The highest BCUT2D eigenvalue weighted by atomic mass is 16.5. The van der Waals surface area contributed by atoms with Crippen LogP contribution in [0.3, 0.4) is 0 Å². The number of hydrogen-bond donors (Lipinski definition) is 0. The summed E-state index contributed by atoms with van der Waals surface area (Å²) in [4.78, 5) is 20.9. The van der Waals surface area contributed by atoms with Gasteiger partial charge in [0.25, 0.3) is 0 Å². The van der Waals surface area contributed by atoms with E-state index in [0.717, 1.165) is 0 Å². The highest BCUT2D eigenvalue weighted by Crippen LogP contribution is 1.88. The molecule has 0 rings (SSSR count). The molecule has 11 heavy (non-hydrogen) atoms. The lowest BCUT2D eigenvalue weighted by molar-refractivity contribution is -0.445. The van der Waals surface area contributed by atoms with Gasteiger partial charge in [0, 0.05) is 6.42 Å². The fourth-order valence-electron chi connectivity index (χ4n) is 0.363. The third-order valence-corrected chi connectivity index (χ3v) is 1.02. The third kappa shape index (κ3) is 3.44.